The summed E-state index contributed by atoms with van der Waals surface area (Å²) in [6.45, 7) is 15.2. The smallest absolute Gasteiger partial charge is 0.127 e. The molecule has 1 aliphatic heterocycles. The number of ether oxygens (including phenoxy) is 2. The second kappa shape index (κ2) is 6.13. The van der Waals surface area contributed by atoms with Crippen molar-refractivity contribution in [1.29, 1.82) is 0 Å². The summed E-state index contributed by atoms with van der Waals surface area (Å²) in [6, 6.07) is 0. The maximum Gasteiger partial charge on any atom is 0.127 e. The van der Waals surface area contributed by atoms with Crippen molar-refractivity contribution in [2.45, 2.75) is 65.9 Å². The maximum atomic E-state index is 6.44. The van der Waals surface area contributed by atoms with Crippen LogP contribution in [0.25, 0.3) is 0 Å². The molecule has 1 aromatic rings. The summed E-state index contributed by atoms with van der Waals surface area (Å²) in [5.74, 6) is 2.10. The van der Waals surface area contributed by atoms with E-state index < -0.39 is 0 Å². The summed E-state index contributed by atoms with van der Waals surface area (Å²) >= 11 is 0. The molecule has 0 saturated carbocycles. The molecule has 0 fully saturated rings. The fourth-order valence-electron chi connectivity index (χ4n) is 3.35. The molecule has 2 nitrogen and oxygen atoms in total. The SMILES string of the molecule is C=CCOc1c(C)c(C)c2c(c1C)CCC(C)(CCC)O2. The lowest BCUT2D eigenvalue weighted by Gasteiger charge is -2.38. The molecule has 0 amide bonds. The molecule has 1 heterocycles. The van der Waals surface area contributed by atoms with E-state index in [4.69, 9.17) is 9.47 Å². The van der Waals surface area contributed by atoms with E-state index in [2.05, 4.69) is 41.2 Å². The molecule has 0 radical (unpaired) electrons. The number of rotatable bonds is 5. The second-order valence-corrected chi connectivity index (χ2v) is 6.41. The third kappa shape index (κ3) is 2.95. The van der Waals surface area contributed by atoms with Gasteiger partial charge in [-0.2, -0.15) is 0 Å². The monoisotopic (exact) mass is 288 g/mol. The van der Waals surface area contributed by atoms with E-state index >= 15 is 0 Å². The molecule has 0 bridgehead atoms. The molecule has 0 N–H and O–H groups in total. The van der Waals surface area contributed by atoms with Crippen molar-refractivity contribution >= 4 is 0 Å². The number of fused-ring (bicyclic) bond motifs is 1. The highest BCUT2D eigenvalue weighted by atomic mass is 16.5. The average Bonchev–Trinajstić information content (AvgIpc) is 2.45. The van der Waals surface area contributed by atoms with Gasteiger partial charge in [-0.05, 0) is 63.6 Å². The van der Waals surface area contributed by atoms with E-state index in [9.17, 15) is 0 Å². The van der Waals surface area contributed by atoms with Gasteiger partial charge in [0.15, 0.2) is 0 Å². The van der Waals surface area contributed by atoms with Crippen LogP contribution in [0.15, 0.2) is 12.7 Å². The predicted octanol–water partition coefficient (Wildman–Crippen LogP) is 5.06. The Morgan fingerprint density at radius 3 is 2.57 bits per heavy atom. The minimum Gasteiger partial charge on any atom is -0.489 e. The Morgan fingerprint density at radius 2 is 1.95 bits per heavy atom. The van der Waals surface area contributed by atoms with Crippen LogP contribution >= 0.6 is 0 Å². The molecule has 2 heteroatoms. The summed E-state index contributed by atoms with van der Waals surface area (Å²) in [5.41, 5.74) is 4.94. The summed E-state index contributed by atoms with van der Waals surface area (Å²) in [4.78, 5) is 0. The fourth-order valence-corrected chi connectivity index (χ4v) is 3.35. The molecule has 116 valence electrons. The average molecular weight is 288 g/mol. The van der Waals surface area contributed by atoms with Gasteiger partial charge in [-0.25, -0.2) is 0 Å². The molecule has 0 saturated heterocycles. The highest BCUT2D eigenvalue weighted by molar-refractivity contribution is 5.59. The van der Waals surface area contributed by atoms with Gasteiger partial charge in [0.2, 0.25) is 0 Å². The lowest BCUT2D eigenvalue weighted by Crippen LogP contribution is -2.37. The maximum absolute atomic E-state index is 6.44. The molecular formula is C19H28O2. The first kappa shape index (κ1) is 15.9. The van der Waals surface area contributed by atoms with Gasteiger partial charge in [0.1, 0.15) is 23.7 Å². The fraction of sp³-hybridized carbons (Fsp3) is 0.579. The van der Waals surface area contributed by atoms with Crippen molar-refractivity contribution in [1.82, 2.24) is 0 Å². The van der Waals surface area contributed by atoms with Gasteiger partial charge < -0.3 is 9.47 Å². The zero-order chi connectivity index (χ0) is 15.6. The van der Waals surface area contributed by atoms with Crippen molar-refractivity contribution in [2.75, 3.05) is 6.61 Å². The van der Waals surface area contributed by atoms with E-state index in [1.54, 1.807) is 6.08 Å². The van der Waals surface area contributed by atoms with E-state index in [1.165, 1.54) is 22.3 Å². The molecule has 0 spiro atoms. The van der Waals surface area contributed by atoms with E-state index in [0.29, 0.717) is 6.61 Å². The molecule has 1 aliphatic rings. The third-order valence-corrected chi connectivity index (χ3v) is 4.69. The van der Waals surface area contributed by atoms with Crippen LogP contribution in [0, 0.1) is 20.8 Å². The lowest BCUT2D eigenvalue weighted by molar-refractivity contribution is 0.0541. The Hall–Kier alpha value is -1.44. The molecule has 0 aliphatic carbocycles. The van der Waals surface area contributed by atoms with Crippen molar-refractivity contribution in [3.05, 3.63) is 34.9 Å². The first-order valence-electron chi connectivity index (χ1n) is 7.99. The van der Waals surface area contributed by atoms with Crippen LogP contribution in [0.2, 0.25) is 0 Å². The van der Waals surface area contributed by atoms with Crippen LogP contribution in [0.3, 0.4) is 0 Å². The Balaban J connectivity index is 2.45. The van der Waals surface area contributed by atoms with Crippen LogP contribution in [0.4, 0.5) is 0 Å². The van der Waals surface area contributed by atoms with Crippen molar-refractivity contribution in [3.8, 4) is 11.5 Å². The number of hydrogen-bond acceptors (Lipinski definition) is 2. The summed E-state index contributed by atoms with van der Waals surface area (Å²) < 4.78 is 12.3. The van der Waals surface area contributed by atoms with Crippen LogP contribution in [0.5, 0.6) is 11.5 Å². The van der Waals surface area contributed by atoms with E-state index in [1.807, 2.05) is 0 Å². The Kier molecular flexibility index (Phi) is 4.65. The van der Waals surface area contributed by atoms with Crippen molar-refractivity contribution in [2.24, 2.45) is 0 Å². The predicted molar refractivity (Wildman–Crippen MR) is 88.6 cm³/mol. The topological polar surface area (TPSA) is 18.5 Å². The zero-order valence-corrected chi connectivity index (χ0v) is 14.1. The molecular weight excluding hydrogens is 260 g/mol. The van der Waals surface area contributed by atoms with Crippen LogP contribution in [-0.2, 0) is 6.42 Å². The van der Waals surface area contributed by atoms with E-state index in [-0.39, 0.29) is 5.60 Å². The Labute approximate surface area is 129 Å². The molecule has 0 aromatic heterocycles. The first-order valence-corrected chi connectivity index (χ1v) is 7.99. The van der Waals surface area contributed by atoms with Gasteiger partial charge >= 0.3 is 0 Å². The summed E-state index contributed by atoms with van der Waals surface area (Å²) in [7, 11) is 0. The zero-order valence-electron chi connectivity index (χ0n) is 14.1. The number of benzene rings is 1. The normalized spacial score (nSPS) is 20.6. The van der Waals surface area contributed by atoms with Crippen LogP contribution in [0.1, 0.15) is 55.4 Å². The van der Waals surface area contributed by atoms with Gasteiger partial charge in [-0.15, -0.1) is 0 Å². The molecule has 1 unspecified atom stereocenters. The van der Waals surface area contributed by atoms with Gasteiger partial charge in [0, 0.05) is 5.56 Å². The van der Waals surface area contributed by atoms with Crippen molar-refractivity contribution in [3.63, 3.8) is 0 Å². The van der Waals surface area contributed by atoms with Crippen LogP contribution < -0.4 is 9.47 Å². The summed E-state index contributed by atoms with van der Waals surface area (Å²) in [5, 5.41) is 0. The first-order chi connectivity index (χ1) is 9.93. The number of hydrogen-bond donors (Lipinski definition) is 0. The quantitative estimate of drug-likeness (QED) is 0.705. The minimum atomic E-state index is -0.0190. The molecule has 1 atom stereocenters. The van der Waals surface area contributed by atoms with Gasteiger partial charge in [0.25, 0.3) is 0 Å². The van der Waals surface area contributed by atoms with Gasteiger partial charge in [0.05, 0.1) is 0 Å². The largest absolute Gasteiger partial charge is 0.489 e. The summed E-state index contributed by atoms with van der Waals surface area (Å²) in [6.07, 6.45) is 6.21. The Morgan fingerprint density at radius 1 is 1.24 bits per heavy atom. The third-order valence-electron chi connectivity index (χ3n) is 4.69. The highest BCUT2D eigenvalue weighted by Gasteiger charge is 2.33. The highest BCUT2D eigenvalue weighted by Crippen LogP contribution is 2.44. The molecule has 1 aromatic carbocycles. The van der Waals surface area contributed by atoms with E-state index in [0.717, 1.165) is 37.2 Å². The van der Waals surface area contributed by atoms with Crippen LogP contribution in [-0.4, -0.2) is 12.2 Å². The minimum absolute atomic E-state index is 0.0190. The lowest BCUT2D eigenvalue weighted by atomic mass is 9.85. The second-order valence-electron chi connectivity index (χ2n) is 6.41. The molecule has 2 rings (SSSR count). The standard InChI is InChI=1S/C19H28O2/c1-7-10-19(6)11-9-16-15(5)17(20-12-8-2)13(3)14(4)18(16)21-19/h8H,2,7,9-12H2,1,3-6H3. The van der Waals surface area contributed by atoms with Gasteiger partial charge in [-0.1, -0.05) is 26.0 Å². The molecule has 21 heavy (non-hydrogen) atoms. The van der Waals surface area contributed by atoms with Gasteiger partial charge in [-0.3, -0.25) is 0 Å². The van der Waals surface area contributed by atoms with Crippen molar-refractivity contribution < 1.29 is 9.47 Å². The Bertz CT molecular complexity index is 545.